The van der Waals surface area contributed by atoms with E-state index in [0.29, 0.717) is 13.1 Å². The molecule has 1 rings (SSSR count). The van der Waals surface area contributed by atoms with E-state index in [-0.39, 0.29) is 17.4 Å². The summed E-state index contributed by atoms with van der Waals surface area (Å²) in [4.78, 5) is 27.5. The van der Waals surface area contributed by atoms with Crippen molar-refractivity contribution in [2.45, 2.75) is 65.3 Å². The summed E-state index contributed by atoms with van der Waals surface area (Å²) in [6, 6.07) is 0. The molecule has 1 aliphatic carbocycles. The van der Waals surface area contributed by atoms with Crippen molar-refractivity contribution in [1.29, 1.82) is 0 Å². The molecule has 0 spiro atoms. The standard InChI is InChI=1S/C18H33N3O2/c1-6-12-21(15-10-8-7-9-11-15)17(23)14-20(5)13-16(22)19-18(2,3)4/h10H,6-9,11-14H2,1-5H3,(H,19,22)/p+1. The van der Waals surface area contributed by atoms with Crippen molar-refractivity contribution in [1.82, 2.24) is 10.2 Å². The summed E-state index contributed by atoms with van der Waals surface area (Å²) in [5.74, 6) is 0.114. The van der Waals surface area contributed by atoms with E-state index in [1.54, 1.807) is 0 Å². The third-order valence-corrected chi connectivity index (χ3v) is 3.79. The summed E-state index contributed by atoms with van der Waals surface area (Å²) in [6.45, 7) is 9.43. The maximum atomic E-state index is 12.6. The molecule has 0 bridgehead atoms. The van der Waals surface area contributed by atoms with Crippen molar-refractivity contribution in [3.05, 3.63) is 11.8 Å². The zero-order valence-corrected chi connectivity index (χ0v) is 15.5. The summed E-state index contributed by atoms with van der Waals surface area (Å²) in [5, 5.41) is 2.94. The van der Waals surface area contributed by atoms with Crippen molar-refractivity contribution in [2.24, 2.45) is 0 Å². The van der Waals surface area contributed by atoms with Crippen LogP contribution in [0.15, 0.2) is 11.8 Å². The fraction of sp³-hybridized carbons (Fsp3) is 0.778. The first-order valence-electron chi connectivity index (χ1n) is 8.84. The van der Waals surface area contributed by atoms with E-state index in [1.807, 2.05) is 32.7 Å². The van der Waals surface area contributed by atoms with Gasteiger partial charge < -0.3 is 15.1 Å². The molecular weight excluding hydrogens is 290 g/mol. The number of hydrogen-bond donors (Lipinski definition) is 2. The van der Waals surface area contributed by atoms with Crippen LogP contribution in [-0.2, 0) is 9.59 Å². The molecular formula is C18H34N3O2+. The van der Waals surface area contributed by atoms with Gasteiger partial charge in [0.05, 0.1) is 7.05 Å². The first-order chi connectivity index (χ1) is 10.7. The van der Waals surface area contributed by atoms with Gasteiger partial charge in [0.2, 0.25) is 0 Å². The molecule has 2 amide bonds. The molecule has 132 valence electrons. The van der Waals surface area contributed by atoms with E-state index >= 15 is 0 Å². The summed E-state index contributed by atoms with van der Waals surface area (Å²) in [5.41, 5.74) is 0.942. The lowest BCUT2D eigenvalue weighted by Gasteiger charge is -2.28. The number of hydrogen-bond acceptors (Lipinski definition) is 2. The molecule has 0 fully saturated rings. The van der Waals surface area contributed by atoms with Gasteiger partial charge in [-0.1, -0.05) is 13.0 Å². The number of nitrogens with one attached hydrogen (secondary N) is 2. The second-order valence-corrected chi connectivity index (χ2v) is 7.60. The van der Waals surface area contributed by atoms with Gasteiger partial charge in [0.1, 0.15) is 0 Å². The molecule has 0 saturated heterocycles. The van der Waals surface area contributed by atoms with Crippen LogP contribution < -0.4 is 10.2 Å². The van der Waals surface area contributed by atoms with E-state index in [2.05, 4.69) is 18.3 Å². The van der Waals surface area contributed by atoms with Crippen LogP contribution in [0, 0.1) is 0 Å². The fourth-order valence-corrected chi connectivity index (χ4v) is 2.87. The number of carbonyl (C=O) groups excluding carboxylic acids is 2. The Balaban J connectivity index is 2.56. The van der Waals surface area contributed by atoms with E-state index in [0.717, 1.165) is 37.1 Å². The minimum absolute atomic E-state index is 0.0123. The van der Waals surface area contributed by atoms with Crippen LogP contribution in [0.5, 0.6) is 0 Å². The number of rotatable bonds is 7. The number of nitrogens with zero attached hydrogens (tertiary/aromatic N) is 1. The van der Waals surface area contributed by atoms with Crippen LogP contribution in [0.2, 0.25) is 0 Å². The predicted molar refractivity (Wildman–Crippen MR) is 93.1 cm³/mol. The average molecular weight is 324 g/mol. The normalized spacial score (nSPS) is 16.5. The Hall–Kier alpha value is -1.36. The van der Waals surface area contributed by atoms with Gasteiger partial charge in [-0.2, -0.15) is 0 Å². The van der Waals surface area contributed by atoms with Gasteiger partial charge >= 0.3 is 0 Å². The lowest BCUT2D eigenvalue weighted by Crippen LogP contribution is -3.11. The van der Waals surface area contributed by atoms with Gasteiger partial charge in [0, 0.05) is 17.8 Å². The van der Waals surface area contributed by atoms with Crippen molar-refractivity contribution in [3.63, 3.8) is 0 Å². The Morgan fingerprint density at radius 1 is 1.26 bits per heavy atom. The van der Waals surface area contributed by atoms with Gasteiger partial charge in [-0.15, -0.1) is 0 Å². The van der Waals surface area contributed by atoms with E-state index in [1.165, 1.54) is 12.1 Å². The van der Waals surface area contributed by atoms with Gasteiger partial charge in [-0.25, -0.2) is 0 Å². The van der Waals surface area contributed by atoms with Crippen LogP contribution in [-0.4, -0.2) is 48.9 Å². The zero-order chi connectivity index (χ0) is 17.5. The monoisotopic (exact) mass is 324 g/mol. The molecule has 0 aliphatic heterocycles. The molecule has 0 radical (unpaired) electrons. The number of allylic oxidation sites excluding steroid dienone is 2. The smallest absolute Gasteiger partial charge is 0.281 e. The Bertz CT molecular complexity index is 438. The van der Waals surface area contributed by atoms with Crippen molar-refractivity contribution in [2.75, 3.05) is 26.7 Å². The highest BCUT2D eigenvalue weighted by molar-refractivity contribution is 5.80. The number of carbonyl (C=O) groups is 2. The maximum absolute atomic E-state index is 12.6. The Morgan fingerprint density at radius 3 is 2.48 bits per heavy atom. The van der Waals surface area contributed by atoms with Crippen LogP contribution >= 0.6 is 0 Å². The predicted octanol–water partition coefficient (Wildman–Crippen LogP) is 1.11. The highest BCUT2D eigenvalue weighted by Gasteiger charge is 2.23. The van der Waals surface area contributed by atoms with Crippen molar-refractivity contribution < 1.29 is 14.5 Å². The molecule has 0 aromatic rings. The molecule has 5 heteroatoms. The van der Waals surface area contributed by atoms with Crippen LogP contribution in [0.4, 0.5) is 0 Å². The molecule has 1 aliphatic rings. The Labute approximate surface area is 141 Å². The SMILES string of the molecule is CCCN(C(=O)C[NH+](C)CC(=O)NC(C)(C)C)C1=CCCCC1. The molecule has 2 N–H and O–H groups in total. The first kappa shape index (κ1) is 19.7. The van der Waals surface area contributed by atoms with Gasteiger partial charge in [-0.05, 0) is 52.9 Å². The maximum Gasteiger partial charge on any atom is 0.281 e. The van der Waals surface area contributed by atoms with Crippen molar-refractivity contribution >= 4 is 11.8 Å². The largest absolute Gasteiger partial charge is 0.347 e. The molecule has 5 nitrogen and oxygen atoms in total. The third-order valence-electron chi connectivity index (χ3n) is 3.79. The molecule has 0 saturated carbocycles. The summed E-state index contributed by atoms with van der Waals surface area (Å²) in [7, 11) is 1.90. The minimum atomic E-state index is -0.234. The lowest BCUT2D eigenvalue weighted by atomic mass is 10.0. The molecule has 0 heterocycles. The molecule has 0 aromatic carbocycles. The molecule has 0 aromatic heterocycles. The Morgan fingerprint density at radius 2 is 1.96 bits per heavy atom. The van der Waals surface area contributed by atoms with Gasteiger partial charge in [0.15, 0.2) is 13.1 Å². The molecule has 23 heavy (non-hydrogen) atoms. The average Bonchev–Trinajstić information content (AvgIpc) is 2.43. The molecule has 1 unspecified atom stereocenters. The zero-order valence-electron chi connectivity index (χ0n) is 15.5. The number of amides is 2. The second kappa shape index (κ2) is 9.06. The summed E-state index contributed by atoms with van der Waals surface area (Å²) >= 11 is 0. The quantitative estimate of drug-likeness (QED) is 0.737. The second-order valence-electron chi connectivity index (χ2n) is 7.60. The molecule has 1 atom stereocenters. The van der Waals surface area contributed by atoms with Gasteiger partial charge in [0.25, 0.3) is 11.8 Å². The van der Waals surface area contributed by atoms with E-state index in [4.69, 9.17) is 0 Å². The lowest BCUT2D eigenvalue weighted by molar-refractivity contribution is -0.863. The highest BCUT2D eigenvalue weighted by Crippen LogP contribution is 2.21. The summed E-state index contributed by atoms with van der Waals surface area (Å²) in [6.07, 6.45) is 7.60. The number of quaternary nitrogens is 1. The van der Waals surface area contributed by atoms with Gasteiger partial charge in [-0.3, -0.25) is 9.59 Å². The van der Waals surface area contributed by atoms with Crippen molar-refractivity contribution in [3.8, 4) is 0 Å². The minimum Gasteiger partial charge on any atom is -0.347 e. The van der Waals surface area contributed by atoms with Crippen LogP contribution in [0.25, 0.3) is 0 Å². The van der Waals surface area contributed by atoms with Crippen LogP contribution in [0.1, 0.15) is 59.8 Å². The highest BCUT2D eigenvalue weighted by atomic mass is 16.2. The third kappa shape index (κ3) is 7.64. The van der Waals surface area contributed by atoms with E-state index in [9.17, 15) is 9.59 Å². The topological polar surface area (TPSA) is 53.9 Å². The van der Waals surface area contributed by atoms with Crippen LogP contribution in [0.3, 0.4) is 0 Å². The number of likely N-dealkylation sites (N-methyl/N-ethyl adjacent to an activating group) is 1. The fourth-order valence-electron chi connectivity index (χ4n) is 2.87. The summed E-state index contributed by atoms with van der Waals surface area (Å²) < 4.78 is 0. The Kier molecular flexibility index (Phi) is 7.76. The first-order valence-corrected chi connectivity index (χ1v) is 8.84. The van der Waals surface area contributed by atoms with E-state index < -0.39 is 0 Å².